The normalized spacial score (nSPS) is 23.9. The summed E-state index contributed by atoms with van der Waals surface area (Å²) in [5.74, 6) is 0.735. The monoisotopic (exact) mass is 282 g/mol. The summed E-state index contributed by atoms with van der Waals surface area (Å²) in [7, 11) is 0. The zero-order chi connectivity index (χ0) is 14.5. The van der Waals surface area contributed by atoms with Crippen LogP contribution < -0.4 is 0 Å². The van der Waals surface area contributed by atoms with E-state index in [2.05, 4.69) is 6.92 Å². The Morgan fingerprint density at radius 3 is 2.50 bits per heavy atom. The van der Waals surface area contributed by atoms with E-state index in [1.165, 1.54) is 6.92 Å². The van der Waals surface area contributed by atoms with E-state index in [9.17, 15) is 9.59 Å². The average molecular weight is 282 g/mol. The molecule has 2 fully saturated rings. The molecule has 0 radical (unpaired) electrons. The molecule has 0 aromatic carbocycles. The maximum Gasteiger partial charge on any atom is 0.242 e. The van der Waals surface area contributed by atoms with E-state index < -0.39 is 0 Å². The molecule has 2 aliphatic rings. The van der Waals surface area contributed by atoms with Crippen molar-refractivity contribution in [3.05, 3.63) is 0 Å². The molecule has 5 heteroatoms. The number of piperidine rings is 1. The molecule has 20 heavy (non-hydrogen) atoms. The summed E-state index contributed by atoms with van der Waals surface area (Å²) in [6.07, 6.45) is 4.27. The lowest BCUT2D eigenvalue weighted by atomic mass is 9.99. The van der Waals surface area contributed by atoms with Crippen LogP contribution in [0.5, 0.6) is 0 Å². The van der Waals surface area contributed by atoms with Crippen LogP contribution in [-0.4, -0.2) is 60.5 Å². The highest BCUT2D eigenvalue weighted by Crippen LogP contribution is 2.17. The summed E-state index contributed by atoms with van der Waals surface area (Å²) in [6.45, 7) is 6.92. The summed E-state index contributed by atoms with van der Waals surface area (Å²) in [5, 5.41) is 0. The standard InChI is InChI=1S/C15H26N2O3/c1-12-5-7-16(8-6-12)15(19)11-17(13(2)18)10-14-4-3-9-20-14/h12,14H,3-11H2,1-2H3. The summed E-state index contributed by atoms with van der Waals surface area (Å²) in [4.78, 5) is 27.5. The molecule has 0 N–H and O–H groups in total. The van der Waals surface area contributed by atoms with Crippen LogP contribution in [0.1, 0.15) is 39.5 Å². The van der Waals surface area contributed by atoms with Crippen molar-refractivity contribution in [1.82, 2.24) is 9.80 Å². The highest BCUT2D eigenvalue weighted by Gasteiger charge is 2.26. The highest BCUT2D eigenvalue weighted by molar-refractivity contribution is 5.83. The second kappa shape index (κ2) is 7.07. The van der Waals surface area contributed by atoms with Gasteiger partial charge in [0.25, 0.3) is 0 Å². The van der Waals surface area contributed by atoms with E-state index >= 15 is 0 Å². The molecule has 2 aliphatic heterocycles. The molecule has 1 unspecified atom stereocenters. The smallest absolute Gasteiger partial charge is 0.242 e. The molecule has 1 atom stereocenters. The molecule has 0 saturated carbocycles. The number of likely N-dealkylation sites (tertiary alicyclic amines) is 1. The van der Waals surface area contributed by atoms with Crippen LogP contribution in [-0.2, 0) is 14.3 Å². The van der Waals surface area contributed by atoms with Crippen molar-refractivity contribution in [2.75, 3.05) is 32.8 Å². The fraction of sp³-hybridized carbons (Fsp3) is 0.867. The quantitative estimate of drug-likeness (QED) is 0.780. The molecule has 2 rings (SSSR count). The Kier molecular flexibility index (Phi) is 5.40. The van der Waals surface area contributed by atoms with Gasteiger partial charge in [-0.25, -0.2) is 0 Å². The van der Waals surface area contributed by atoms with Gasteiger partial charge in [-0.1, -0.05) is 6.92 Å². The van der Waals surface area contributed by atoms with Gasteiger partial charge >= 0.3 is 0 Å². The molecule has 0 spiro atoms. The zero-order valence-corrected chi connectivity index (χ0v) is 12.6. The fourth-order valence-electron chi connectivity index (χ4n) is 2.86. The molecule has 0 aliphatic carbocycles. The van der Waals surface area contributed by atoms with Crippen LogP contribution in [0.15, 0.2) is 0 Å². The average Bonchev–Trinajstić information content (AvgIpc) is 2.91. The predicted molar refractivity (Wildman–Crippen MR) is 76.2 cm³/mol. The van der Waals surface area contributed by atoms with Gasteiger partial charge in [-0.15, -0.1) is 0 Å². The van der Waals surface area contributed by atoms with Crippen molar-refractivity contribution >= 4 is 11.8 Å². The van der Waals surface area contributed by atoms with Crippen molar-refractivity contribution in [3.63, 3.8) is 0 Å². The highest BCUT2D eigenvalue weighted by atomic mass is 16.5. The van der Waals surface area contributed by atoms with Gasteiger partial charge in [-0.05, 0) is 31.6 Å². The maximum absolute atomic E-state index is 12.3. The first-order chi connectivity index (χ1) is 9.56. The van der Waals surface area contributed by atoms with Gasteiger partial charge in [0, 0.05) is 33.2 Å². The second-order valence-electron chi connectivity index (χ2n) is 6.10. The third-order valence-corrected chi connectivity index (χ3v) is 4.36. The minimum atomic E-state index is -0.0424. The second-order valence-corrected chi connectivity index (χ2v) is 6.10. The number of carbonyl (C=O) groups is 2. The van der Waals surface area contributed by atoms with Crippen molar-refractivity contribution in [1.29, 1.82) is 0 Å². The summed E-state index contributed by atoms with van der Waals surface area (Å²) in [5.41, 5.74) is 0. The molecule has 2 heterocycles. The zero-order valence-electron chi connectivity index (χ0n) is 12.6. The van der Waals surface area contributed by atoms with Crippen LogP contribution in [0.2, 0.25) is 0 Å². The Hall–Kier alpha value is -1.10. The van der Waals surface area contributed by atoms with Crippen LogP contribution in [0.3, 0.4) is 0 Å². The first-order valence-corrected chi connectivity index (χ1v) is 7.71. The molecule has 0 aromatic heterocycles. The molecule has 0 aromatic rings. The molecule has 2 amide bonds. The number of carbonyl (C=O) groups excluding carboxylic acids is 2. The lowest BCUT2D eigenvalue weighted by molar-refractivity contribution is -0.141. The Morgan fingerprint density at radius 2 is 1.95 bits per heavy atom. The van der Waals surface area contributed by atoms with Gasteiger partial charge in [0.1, 0.15) is 0 Å². The lowest BCUT2D eigenvalue weighted by Crippen LogP contribution is -2.46. The first-order valence-electron chi connectivity index (χ1n) is 7.71. The maximum atomic E-state index is 12.3. The van der Waals surface area contributed by atoms with Gasteiger partial charge in [0.2, 0.25) is 11.8 Å². The number of nitrogens with zero attached hydrogens (tertiary/aromatic N) is 2. The van der Waals surface area contributed by atoms with E-state index in [0.717, 1.165) is 45.4 Å². The molecule has 0 bridgehead atoms. The van der Waals surface area contributed by atoms with Gasteiger partial charge in [-0.3, -0.25) is 9.59 Å². The van der Waals surface area contributed by atoms with Crippen molar-refractivity contribution < 1.29 is 14.3 Å². The minimum Gasteiger partial charge on any atom is -0.376 e. The van der Waals surface area contributed by atoms with Crippen LogP contribution >= 0.6 is 0 Å². The van der Waals surface area contributed by atoms with E-state index in [-0.39, 0.29) is 24.5 Å². The first kappa shape index (κ1) is 15.3. The largest absolute Gasteiger partial charge is 0.376 e. The predicted octanol–water partition coefficient (Wildman–Crippen LogP) is 1.27. The molecule has 114 valence electrons. The number of ether oxygens (including phenoxy) is 1. The Labute approximate surface area is 121 Å². The summed E-state index contributed by atoms with van der Waals surface area (Å²) in [6, 6.07) is 0. The van der Waals surface area contributed by atoms with Crippen LogP contribution in [0.4, 0.5) is 0 Å². The van der Waals surface area contributed by atoms with Crippen molar-refractivity contribution in [2.24, 2.45) is 5.92 Å². The van der Waals surface area contributed by atoms with Crippen molar-refractivity contribution in [3.8, 4) is 0 Å². The van der Waals surface area contributed by atoms with E-state index in [0.29, 0.717) is 12.5 Å². The Morgan fingerprint density at radius 1 is 1.25 bits per heavy atom. The molecular weight excluding hydrogens is 256 g/mol. The van der Waals surface area contributed by atoms with Crippen LogP contribution in [0, 0.1) is 5.92 Å². The number of hydrogen-bond acceptors (Lipinski definition) is 3. The van der Waals surface area contributed by atoms with Crippen molar-refractivity contribution in [2.45, 2.75) is 45.6 Å². The molecular formula is C15H26N2O3. The van der Waals surface area contributed by atoms with Crippen LogP contribution in [0.25, 0.3) is 0 Å². The number of amides is 2. The fourth-order valence-corrected chi connectivity index (χ4v) is 2.86. The van der Waals surface area contributed by atoms with E-state index in [1.54, 1.807) is 4.90 Å². The van der Waals surface area contributed by atoms with Gasteiger partial charge in [-0.2, -0.15) is 0 Å². The Bertz CT molecular complexity index is 345. The van der Waals surface area contributed by atoms with Gasteiger partial charge < -0.3 is 14.5 Å². The lowest BCUT2D eigenvalue weighted by Gasteiger charge is -2.32. The minimum absolute atomic E-state index is 0.0424. The van der Waals surface area contributed by atoms with Gasteiger partial charge in [0.05, 0.1) is 12.6 Å². The number of hydrogen-bond donors (Lipinski definition) is 0. The third kappa shape index (κ3) is 4.20. The van der Waals surface area contributed by atoms with Gasteiger partial charge in [0.15, 0.2) is 0 Å². The molecule has 5 nitrogen and oxygen atoms in total. The van der Waals surface area contributed by atoms with E-state index in [1.807, 2.05) is 4.90 Å². The SMILES string of the molecule is CC(=O)N(CC(=O)N1CCC(C)CC1)CC1CCCO1. The summed E-state index contributed by atoms with van der Waals surface area (Å²) < 4.78 is 5.56. The molecule has 2 saturated heterocycles. The third-order valence-electron chi connectivity index (χ3n) is 4.36. The van der Waals surface area contributed by atoms with E-state index in [4.69, 9.17) is 4.74 Å². The number of rotatable bonds is 4. The summed E-state index contributed by atoms with van der Waals surface area (Å²) >= 11 is 0. The topological polar surface area (TPSA) is 49.9 Å². The Balaban J connectivity index is 1.83.